The Labute approximate surface area is 435 Å². The van der Waals surface area contributed by atoms with Gasteiger partial charge in [0.05, 0.1) is 23.7 Å². The van der Waals surface area contributed by atoms with E-state index >= 15 is 0 Å². The highest BCUT2D eigenvalue weighted by Crippen LogP contribution is 2.29. The maximum Gasteiger partial charge on any atom is 0.320 e. The number of nitrogens with one attached hydrogen (secondary N) is 4. The van der Waals surface area contributed by atoms with Gasteiger partial charge in [0.25, 0.3) is 11.8 Å². The van der Waals surface area contributed by atoms with Gasteiger partial charge < -0.3 is 55.9 Å². The summed E-state index contributed by atoms with van der Waals surface area (Å²) in [4.78, 5) is 101. The minimum atomic E-state index is -1.12. The van der Waals surface area contributed by atoms with Crippen LogP contribution < -0.4 is 26.0 Å². The first-order valence-corrected chi connectivity index (χ1v) is 25.6. The molecule has 3 atom stereocenters. The molecule has 0 aliphatic rings. The first-order chi connectivity index (χ1) is 34.5. The van der Waals surface area contributed by atoms with Gasteiger partial charge in [0.1, 0.15) is 24.2 Å². The van der Waals surface area contributed by atoms with Crippen LogP contribution in [0.2, 0.25) is 0 Å². The van der Waals surface area contributed by atoms with Crippen molar-refractivity contribution in [3.05, 3.63) is 39.8 Å². The summed E-state index contributed by atoms with van der Waals surface area (Å²) in [5.74, 6) is -6.13. The third-order valence-electron chi connectivity index (χ3n) is 13.2. The van der Waals surface area contributed by atoms with Crippen LogP contribution in [0.4, 0.5) is 0 Å². The number of aliphatic carboxylic acids is 4. The van der Waals surface area contributed by atoms with Crippen molar-refractivity contribution in [2.75, 3.05) is 46.0 Å². The summed E-state index contributed by atoms with van der Waals surface area (Å²) < 4.78 is 18.3. The van der Waals surface area contributed by atoms with E-state index in [1.54, 1.807) is 13.8 Å². The fourth-order valence-corrected chi connectivity index (χ4v) is 7.52. The lowest BCUT2D eigenvalue weighted by atomic mass is 9.81. The highest BCUT2D eigenvalue weighted by atomic mass is 16.5. The number of carbonyl (C=O) groups excluding carboxylic acids is 4. The average molecular weight is 1050 g/mol. The molecule has 0 bridgehead atoms. The highest BCUT2D eigenvalue weighted by molar-refractivity contribution is 6.00. The zero-order valence-electron chi connectivity index (χ0n) is 45.1. The topological polar surface area (TPSA) is 342 Å². The van der Waals surface area contributed by atoms with Crippen LogP contribution in [0, 0.1) is 16.7 Å². The van der Waals surface area contributed by atoms with E-state index in [4.69, 9.17) is 30.0 Å². The van der Waals surface area contributed by atoms with Gasteiger partial charge in [0.15, 0.2) is 0 Å². The minimum absolute atomic E-state index is 0.000390. The molecule has 0 radical (unpaired) electrons. The molecule has 0 aliphatic heterocycles. The molecule has 3 amide bonds. The van der Waals surface area contributed by atoms with Crippen molar-refractivity contribution in [2.45, 2.75) is 182 Å². The van der Waals surface area contributed by atoms with E-state index in [2.05, 4.69) is 31.3 Å². The predicted molar refractivity (Wildman–Crippen MR) is 276 cm³/mol. The summed E-state index contributed by atoms with van der Waals surface area (Å²) >= 11 is 0. The van der Waals surface area contributed by atoms with E-state index in [0.717, 1.165) is 6.42 Å². The van der Waals surface area contributed by atoms with Crippen LogP contribution in [-0.2, 0) is 38.2 Å². The summed E-state index contributed by atoms with van der Waals surface area (Å²) in [7, 11) is 0. The lowest BCUT2D eigenvalue weighted by Gasteiger charge is -2.36. The Bertz CT molecular complexity index is 2050. The average Bonchev–Trinajstić information content (AvgIpc) is 3.30. The van der Waals surface area contributed by atoms with Crippen LogP contribution >= 0.6 is 0 Å². The number of Topliss-reactive ketones (excluding diaryl/α,β-unsaturated/α-hetero) is 1. The number of hydrogen-bond acceptors (Lipinski definition) is 13. The standard InChI is InChI=1S/C52H85N7O15/c1-35(58-40(48(70)71)18-20-44(64)65)49(2,3)23-29-73-51(6,7)21-26-55-45(66)37-32-38(34-39(33-37)72-31-28-54-42(61)16-11-10-12-25-57-59-53)46(67)56-27-22-52(8,9)74-30-24-50(4,5)41(60)15-13-14-36(47(68)69)17-19-43(62)63/h32-36,40,58H,10-31H2,1-9H3,(H,54,61)(H,55,66)(H,56,67)(H,62,63)(H,64,65)(H,68,69)(H,70,71). The van der Waals surface area contributed by atoms with E-state index < -0.39 is 69.7 Å². The maximum absolute atomic E-state index is 13.6. The van der Waals surface area contributed by atoms with Gasteiger partial charge in [0.2, 0.25) is 5.91 Å². The molecule has 22 nitrogen and oxygen atoms in total. The lowest BCUT2D eigenvalue weighted by Crippen LogP contribution is -2.49. The molecule has 1 aromatic rings. The van der Waals surface area contributed by atoms with E-state index in [0.29, 0.717) is 58.1 Å². The van der Waals surface area contributed by atoms with Gasteiger partial charge in [0, 0.05) is 86.0 Å². The fourth-order valence-electron chi connectivity index (χ4n) is 7.52. The van der Waals surface area contributed by atoms with Crippen LogP contribution in [-0.4, -0.2) is 137 Å². The lowest BCUT2D eigenvalue weighted by molar-refractivity contribution is -0.144. The van der Waals surface area contributed by atoms with Gasteiger partial charge in [-0.25, -0.2) is 0 Å². The largest absolute Gasteiger partial charge is 0.492 e. The van der Waals surface area contributed by atoms with Crippen molar-refractivity contribution in [1.29, 1.82) is 0 Å². The summed E-state index contributed by atoms with van der Waals surface area (Å²) in [6.07, 6.45) is 4.17. The number of unbranched alkanes of at least 4 members (excludes halogenated alkanes) is 2. The molecular weight excluding hydrogens is 963 g/mol. The van der Waals surface area contributed by atoms with Gasteiger partial charge in [-0.15, -0.1) is 0 Å². The number of carbonyl (C=O) groups is 8. The number of carboxylic acid groups (broad SMARTS) is 4. The Morgan fingerprint density at radius 2 is 1.18 bits per heavy atom. The zero-order chi connectivity index (χ0) is 56.1. The van der Waals surface area contributed by atoms with Crippen molar-refractivity contribution < 1.29 is 73.0 Å². The SMILES string of the molecule is CC(NC(CCC(=O)O)C(=O)O)C(C)(C)CCOC(C)(C)CCNC(=O)c1cc(OCCNC(=O)CCCCCN=[N+]=[N-])cc(C(=O)NCCC(C)(C)OCCC(C)(C)C(=O)CCCC(CCC(=O)O)C(=O)O)c1. The van der Waals surface area contributed by atoms with Gasteiger partial charge >= 0.3 is 23.9 Å². The Kier molecular flexibility index (Phi) is 29.7. The summed E-state index contributed by atoms with van der Waals surface area (Å²) in [6.45, 7) is 18.4. The third-order valence-corrected chi connectivity index (χ3v) is 13.2. The summed E-state index contributed by atoms with van der Waals surface area (Å²) in [6, 6.07) is 3.16. The number of ether oxygens (including phenoxy) is 3. The number of hydrogen-bond donors (Lipinski definition) is 8. The number of rotatable bonds is 42. The molecule has 22 heteroatoms. The molecule has 0 saturated heterocycles. The molecule has 0 spiro atoms. The van der Waals surface area contributed by atoms with Crippen molar-refractivity contribution in [2.24, 2.45) is 21.9 Å². The summed E-state index contributed by atoms with van der Waals surface area (Å²) in [5.41, 5.74) is 6.16. The van der Waals surface area contributed by atoms with Crippen molar-refractivity contribution in [3.8, 4) is 5.75 Å². The molecular formula is C52H85N7O15. The Morgan fingerprint density at radius 1 is 0.622 bits per heavy atom. The van der Waals surface area contributed by atoms with E-state index in [9.17, 15) is 48.6 Å². The monoisotopic (exact) mass is 1050 g/mol. The van der Waals surface area contributed by atoms with Gasteiger partial charge in [-0.1, -0.05) is 39.2 Å². The number of azide groups is 1. The number of nitrogens with zero attached hydrogens (tertiary/aromatic N) is 3. The molecule has 0 fully saturated rings. The van der Waals surface area contributed by atoms with E-state index in [-0.39, 0.29) is 112 Å². The van der Waals surface area contributed by atoms with Gasteiger partial charge in [-0.2, -0.15) is 0 Å². The Balaban J connectivity index is 2.94. The van der Waals surface area contributed by atoms with E-state index in [1.807, 2.05) is 48.5 Å². The number of amides is 3. The summed E-state index contributed by atoms with van der Waals surface area (Å²) in [5, 5.41) is 52.1. The van der Waals surface area contributed by atoms with Crippen molar-refractivity contribution in [3.63, 3.8) is 0 Å². The molecule has 0 saturated carbocycles. The van der Waals surface area contributed by atoms with Crippen molar-refractivity contribution in [1.82, 2.24) is 21.3 Å². The van der Waals surface area contributed by atoms with Crippen molar-refractivity contribution >= 4 is 47.4 Å². The third kappa shape index (κ3) is 28.6. The Morgan fingerprint density at radius 3 is 1.70 bits per heavy atom. The fraction of sp³-hybridized carbons (Fsp3) is 0.731. The molecule has 418 valence electrons. The number of carboxylic acids is 4. The van der Waals surface area contributed by atoms with Crippen LogP contribution in [0.5, 0.6) is 5.75 Å². The zero-order valence-corrected chi connectivity index (χ0v) is 45.1. The second-order valence-corrected chi connectivity index (χ2v) is 21.3. The molecule has 1 rings (SSSR count). The second-order valence-electron chi connectivity index (χ2n) is 21.3. The molecule has 1 aromatic carbocycles. The smallest absolute Gasteiger partial charge is 0.320 e. The Hall–Kier alpha value is -5.83. The molecule has 0 aromatic heterocycles. The molecule has 74 heavy (non-hydrogen) atoms. The number of benzene rings is 1. The predicted octanol–water partition coefficient (Wildman–Crippen LogP) is 7.32. The highest BCUT2D eigenvalue weighted by Gasteiger charge is 2.32. The second kappa shape index (κ2) is 33.2. The van der Waals surface area contributed by atoms with Crippen LogP contribution in [0.3, 0.4) is 0 Å². The molecule has 8 N–H and O–H groups in total. The normalized spacial score (nSPS) is 13.1. The molecule has 3 unspecified atom stereocenters. The number of ketones is 1. The quantitative estimate of drug-likeness (QED) is 0.0138. The van der Waals surface area contributed by atoms with Gasteiger partial charge in [-0.05, 0) is 128 Å². The van der Waals surface area contributed by atoms with Crippen LogP contribution in [0.1, 0.15) is 179 Å². The maximum atomic E-state index is 13.6. The van der Waals surface area contributed by atoms with E-state index in [1.165, 1.54) is 18.2 Å². The van der Waals surface area contributed by atoms with Crippen LogP contribution in [0.25, 0.3) is 10.4 Å². The first kappa shape index (κ1) is 66.2. The van der Waals surface area contributed by atoms with Crippen LogP contribution in [0.15, 0.2) is 23.3 Å². The van der Waals surface area contributed by atoms with Gasteiger partial charge in [-0.3, -0.25) is 38.4 Å². The molecule has 0 aliphatic carbocycles. The first-order valence-electron chi connectivity index (χ1n) is 25.6. The minimum Gasteiger partial charge on any atom is -0.492 e. The molecule has 0 heterocycles.